The van der Waals surface area contributed by atoms with E-state index in [1.165, 1.54) is 22.8 Å². The van der Waals surface area contributed by atoms with E-state index in [9.17, 15) is 4.79 Å². The number of carbonyl (C=O) groups excluding carboxylic acids is 1. The van der Waals surface area contributed by atoms with E-state index in [0.717, 1.165) is 28.0 Å². The van der Waals surface area contributed by atoms with Crippen LogP contribution in [0.4, 0.5) is 0 Å². The fourth-order valence-electron chi connectivity index (χ4n) is 3.82. The Morgan fingerprint density at radius 1 is 1.16 bits per heavy atom. The van der Waals surface area contributed by atoms with Gasteiger partial charge in [-0.25, -0.2) is 0 Å². The summed E-state index contributed by atoms with van der Waals surface area (Å²) in [6.45, 7) is 3.74. The number of para-hydroxylation sites is 1. The number of benzene rings is 2. The molecule has 7 heteroatoms. The van der Waals surface area contributed by atoms with Crippen LogP contribution in [0.15, 0.2) is 53.6 Å². The Kier molecular flexibility index (Phi) is 6.82. The van der Waals surface area contributed by atoms with Crippen LogP contribution in [-0.4, -0.2) is 40.0 Å². The SMILES string of the molecule is CCc1cccc2c(/C=C3\SC(=S)N(CCOC)C3=O)cn(Cc3ccccc3Cl)c12. The molecule has 0 aliphatic carbocycles. The number of rotatable bonds is 7. The molecule has 2 heterocycles. The lowest BCUT2D eigenvalue weighted by Crippen LogP contribution is -2.31. The summed E-state index contributed by atoms with van der Waals surface area (Å²) in [5.74, 6) is -0.0642. The topological polar surface area (TPSA) is 34.5 Å². The summed E-state index contributed by atoms with van der Waals surface area (Å²) in [6, 6.07) is 14.2. The number of thioether (sulfide) groups is 1. The Bertz CT molecular complexity index is 1190. The molecule has 0 radical (unpaired) electrons. The molecule has 2 aromatic carbocycles. The summed E-state index contributed by atoms with van der Waals surface area (Å²) < 4.78 is 7.91. The molecule has 0 unspecified atom stereocenters. The standard InChI is InChI=1S/C24H23ClN2O2S2/c1-3-16-8-6-9-19-18(13-21-23(28)27(11-12-29-2)24(30)31-21)15-26(22(16)19)14-17-7-4-5-10-20(17)25/h4-10,13,15H,3,11-12,14H2,1-2H3/b21-13-. The second-order valence-corrected chi connectivity index (χ2v) is 9.38. The molecule has 1 aliphatic rings. The number of methoxy groups -OCH3 is 1. The minimum absolute atomic E-state index is 0.0642. The predicted molar refractivity (Wildman–Crippen MR) is 134 cm³/mol. The van der Waals surface area contributed by atoms with Gasteiger partial charge in [-0.1, -0.05) is 78.9 Å². The van der Waals surface area contributed by atoms with Crippen molar-refractivity contribution in [2.45, 2.75) is 19.9 Å². The molecule has 0 atom stereocenters. The van der Waals surface area contributed by atoms with Gasteiger partial charge in [-0.3, -0.25) is 9.69 Å². The molecule has 3 aromatic rings. The second kappa shape index (κ2) is 9.57. The Labute approximate surface area is 196 Å². The maximum absolute atomic E-state index is 12.9. The summed E-state index contributed by atoms with van der Waals surface area (Å²) in [5, 5.41) is 1.87. The van der Waals surface area contributed by atoms with Crippen LogP contribution in [0.25, 0.3) is 17.0 Å². The molecule has 0 N–H and O–H groups in total. The molecular formula is C24H23ClN2O2S2. The molecular weight excluding hydrogens is 448 g/mol. The van der Waals surface area contributed by atoms with Gasteiger partial charge in [-0.15, -0.1) is 0 Å². The van der Waals surface area contributed by atoms with Gasteiger partial charge in [0.05, 0.1) is 23.6 Å². The largest absolute Gasteiger partial charge is 0.383 e. The van der Waals surface area contributed by atoms with Crippen molar-refractivity contribution in [2.75, 3.05) is 20.3 Å². The third-order valence-corrected chi connectivity index (χ3v) is 7.12. The summed E-state index contributed by atoms with van der Waals surface area (Å²) in [4.78, 5) is 15.1. The number of halogens is 1. The average molecular weight is 471 g/mol. The van der Waals surface area contributed by atoms with Gasteiger partial charge < -0.3 is 9.30 Å². The number of hydrogen-bond donors (Lipinski definition) is 0. The van der Waals surface area contributed by atoms with Crippen LogP contribution in [0.5, 0.6) is 0 Å². The van der Waals surface area contributed by atoms with E-state index in [0.29, 0.717) is 28.9 Å². The van der Waals surface area contributed by atoms with Crippen LogP contribution >= 0.6 is 35.6 Å². The minimum atomic E-state index is -0.0642. The van der Waals surface area contributed by atoms with E-state index in [2.05, 4.69) is 35.9 Å². The number of thiocarbonyl (C=S) groups is 1. The van der Waals surface area contributed by atoms with E-state index in [1.54, 1.807) is 12.0 Å². The van der Waals surface area contributed by atoms with Crippen LogP contribution in [0.1, 0.15) is 23.6 Å². The van der Waals surface area contributed by atoms with E-state index < -0.39 is 0 Å². The molecule has 4 nitrogen and oxygen atoms in total. The molecule has 1 saturated heterocycles. The maximum atomic E-state index is 12.9. The van der Waals surface area contributed by atoms with Crippen molar-refractivity contribution in [3.05, 3.63) is 75.3 Å². The van der Waals surface area contributed by atoms with Crippen LogP contribution in [0.2, 0.25) is 5.02 Å². The summed E-state index contributed by atoms with van der Waals surface area (Å²) >= 11 is 13.2. The fraction of sp³-hybridized carbons (Fsp3) is 0.250. The van der Waals surface area contributed by atoms with Gasteiger partial charge in [0, 0.05) is 35.8 Å². The number of aryl methyl sites for hydroxylation is 1. The van der Waals surface area contributed by atoms with Crippen molar-refractivity contribution >= 4 is 62.8 Å². The minimum Gasteiger partial charge on any atom is -0.383 e. The van der Waals surface area contributed by atoms with Gasteiger partial charge in [0.2, 0.25) is 0 Å². The van der Waals surface area contributed by atoms with Crippen LogP contribution in [0.3, 0.4) is 0 Å². The summed E-state index contributed by atoms with van der Waals surface area (Å²) in [5.41, 5.74) is 4.50. The monoisotopic (exact) mass is 470 g/mol. The molecule has 0 spiro atoms. The zero-order chi connectivity index (χ0) is 22.0. The molecule has 31 heavy (non-hydrogen) atoms. The smallest absolute Gasteiger partial charge is 0.266 e. The first-order chi connectivity index (χ1) is 15.0. The number of hydrogen-bond acceptors (Lipinski definition) is 4. The van der Waals surface area contributed by atoms with Crippen molar-refractivity contribution in [3.8, 4) is 0 Å². The second-order valence-electron chi connectivity index (χ2n) is 7.30. The fourth-order valence-corrected chi connectivity index (χ4v) is 5.31. The maximum Gasteiger partial charge on any atom is 0.266 e. The van der Waals surface area contributed by atoms with Gasteiger partial charge in [-0.2, -0.15) is 0 Å². The van der Waals surface area contributed by atoms with Crippen molar-refractivity contribution in [1.29, 1.82) is 0 Å². The summed E-state index contributed by atoms with van der Waals surface area (Å²) in [6.07, 6.45) is 4.98. The third kappa shape index (κ3) is 4.44. The number of aromatic nitrogens is 1. The van der Waals surface area contributed by atoms with Crippen molar-refractivity contribution in [1.82, 2.24) is 9.47 Å². The first-order valence-electron chi connectivity index (χ1n) is 10.1. The molecule has 0 saturated carbocycles. The number of nitrogens with zero attached hydrogens (tertiary/aromatic N) is 2. The highest BCUT2D eigenvalue weighted by Gasteiger charge is 2.31. The third-order valence-electron chi connectivity index (χ3n) is 5.37. The first-order valence-corrected chi connectivity index (χ1v) is 11.7. The van der Waals surface area contributed by atoms with Crippen LogP contribution in [0, 0.1) is 0 Å². The number of ether oxygens (including phenoxy) is 1. The van der Waals surface area contributed by atoms with Crippen LogP contribution < -0.4 is 0 Å². The van der Waals surface area contributed by atoms with Crippen molar-refractivity contribution in [2.24, 2.45) is 0 Å². The lowest BCUT2D eigenvalue weighted by molar-refractivity contribution is -0.122. The first kappa shape index (κ1) is 22.1. The molecule has 1 aliphatic heterocycles. The predicted octanol–water partition coefficient (Wildman–Crippen LogP) is 5.75. The van der Waals surface area contributed by atoms with E-state index in [1.807, 2.05) is 30.3 Å². The number of carbonyl (C=O) groups is 1. The van der Waals surface area contributed by atoms with E-state index in [4.69, 9.17) is 28.6 Å². The van der Waals surface area contributed by atoms with Crippen LogP contribution in [-0.2, 0) is 22.5 Å². The van der Waals surface area contributed by atoms with Gasteiger partial charge in [0.25, 0.3) is 5.91 Å². The lowest BCUT2D eigenvalue weighted by atomic mass is 10.1. The Balaban J connectivity index is 1.77. The Hall–Kier alpha value is -2.12. The highest BCUT2D eigenvalue weighted by molar-refractivity contribution is 8.26. The molecule has 1 amide bonds. The summed E-state index contributed by atoms with van der Waals surface area (Å²) in [7, 11) is 1.62. The lowest BCUT2D eigenvalue weighted by Gasteiger charge is -2.12. The van der Waals surface area contributed by atoms with Gasteiger partial charge in [-0.05, 0) is 29.7 Å². The zero-order valence-electron chi connectivity index (χ0n) is 17.4. The normalized spacial score (nSPS) is 15.6. The molecule has 4 rings (SSSR count). The van der Waals surface area contributed by atoms with Crippen molar-refractivity contribution < 1.29 is 9.53 Å². The van der Waals surface area contributed by atoms with Gasteiger partial charge in [0.15, 0.2) is 0 Å². The zero-order valence-corrected chi connectivity index (χ0v) is 19.8. The highest BCUT2D eigenvalue weighted by atomic mass is 35.5. The molecule has 0 bridgehead atoms. The van der Waals surface area contributed by atoms with Gasteiger partial charge >= 0.3 is 0 Å². The van der Waals surface area contributed by atoms with E-state index in [-0.39, 0.29) is 5.91 Å². The molecule has 160 valence electrons. The number of amides is 1. The van der Waals surface area contributed by atoms with Crippen molar-refractivity contribution in [3.63, 3.8) is 0 Å². The van der Waals surface area contributed by atoms with Gasteiger partial charge in [0.1, 0.15) is 4.32 Å². The molecule has 1 fully saturated rings. The quantitative estimate of drug-likeness (QED) is 0.325. The average Bonchev–Trinajstić information content (AvgIpc) is 3.25. The molecule has 1 aromatic heterocycles. The Morgan fingerprint density at radius 3 is 2.68 bits per heavy atom. The Morgan fingerprint density at radius 2 is 1.94 bits per heavy atom. The number of fused-ring (bicyclic) bond motifs is 1. The van der Waals surface area contributed by atoms with E-state index >= 15 is 0 Å². The highest BCUT2D eigenvalue weighted by Crippen LogP contribution is 2.35.